The summed E-state index contributed by atoms with van der Waals surface area (Å²) < 4.78 is 2.18. The molecule has 0 saturated carbocycles. The monoisotopic (exact) mass is 394 g/mol. The predicted molar refractivity (Wildman–Crippen MR) is 123 cm³/mol. The topological polar surface area (TPSA) is 32.6 Å². The zero-order valence-corrected chi connectivity index (χ0v) is 17.1. The minimum Gasteiger partial charge on any atom is -0.371 e. The number of pyridine rings is 1. The normalized spacial score (nSPS) is 15.3. The van der Waals surface area contributed by atoms with Gasteiger partial charge in [0.15, 0.2) is 0 Å². The Morgan fingerprint density at radius 2 is 1.60 bits per heavy atom. The lowest BCUT2D eigenvalue weighted by molar-refractivity contribution is 0.634. The molecule has 4 heterocycles. The van der Waals surface area contributed by atoms with Gasteiger partial charge in [-0.2, -0.15) is 0 Å². The van der Waals surface area contributed by atoms with E-state index in [-0.39, 0.29) is 0 Å². The second-order valence-electron chi connectivity index (χ2n) is 8.41. The number of anilines is 2. The summed E-state index contributed by atoms with van der Waals surface area (Å²) in [4.78, 5) is 7.64. The zero-order chi connectivity index (χ0) is 19.9. The summed E-state index contributed by atoms with van der Waals surface area (Å²) in [7, 11) is 0. The van der Waals surface area contributed by atoms with E-state index in [4.69, 9.17) is 4.98 Å². The van der Waals surface area contributed by atoms with Crippen LogP contribution in [0.2, 0.25) is 0 Å². The molecule has 0 radical (unpaired) electrons. The van der Waals surface area contributed by atoms with Crippen LogP contribution in [-0.2, 0) is 19.4 Å². The second kappa shape index (κ2) is 7.21. The third-order valence-corrected chi connectivity index (χ3v) is 6.44. The van der Waals surface area contributed by atoms with Gasteiger partial charge in [0.25, 0.3) is 0 Å². The summed E-state index contributed by atoms with van der Waals surface area (Å²) in [6.45, 7) is 3.19. The van der Waals surface area contributed by atoms with E-state index in [1.807, 2.05) is 0 Å². The van der Waals surface area contributed by atoms with Crippen molar-refractivity contribution in [2.45, 2.75) is 32.2 Å². The molecule has 0 bridgehead atoms. The Bertz CT molecular complexity index is 1180. The molecule has 4 aromatic rings. The third kappa shape index (κ3) is 2.95. The van der Waals surface area contributed by atoms with E-state index in [2.05, 4.69) is 81.5 Å². The first-order chi connectivity index (χ1) is 14.9. The van der Waals surface area contributed by atoms with E-state index >= 15 is 0 Å². The lowest BCUT2D eigenvalue weighted by Gasteiger charge is -2.37. The maximum absolute atomic E-state index is 5.04. The van der Waals surface area contributed by atoms with E-state index in [1.165, 1.54) is 66.7 Å². The number of rotatable bonds is 4. The van der Waals surface area contributed by atoms with Crippen LogP contribution in [0.4, 0.5) is 11.5 Å². The van der Waals surface area contributed by atoms with Crippen molar-refractivity contribution in [3.8, 4) is 11.3 Å². The molecule has 30 heavy (non-hydrogen) atoms. The molecule has 0 atom stereocenters. The number of fused-ring (bicyclic) bond motifs is 1. The van der Waals surface area contributed by atoms with Crippen LogP contribution in [-0.4, -0.2) is 22.5 Å². The summed E-state index contributed by atoms with van der Waals surface area (Å²) in [6, 6.07) is 21.6. The molecule has 1 N–H and O–H groups in total. The number of nitrogens with one attached hydrogen (secondary N) is 1. The first kappa shape index (κ1) is 17.6. The fraction of sp³-hybridized carbons (Fsp3) is 0.269. The van der Waals surface area contributed by atoms with E-state index in [1.54, 1.807) is 0 Å². The molecule has 2 aromatic carbocycles. The van der Waals surface area contributed by atoms with Crippen LogP contribution in [0, 0.1) is 0 Å². The quantitative estimate of drug-likeness (QED) is 0.509. The summed E-state index contributed by atoms with van der Waals surface area (Å²) >= 11 is 0. The van der Waals surface area contributed by atoms with Crippen LogP contribution in [0.25, 0.3) is 16.9 Å². The highest BCUT2D eigenvalue weighted by Gasteiger charge is 2.25. The number of hydrogen-bond acceptors (Lipinski definition) is 3. The van der Waals surface area contributed by atoms with E-state index in [0.717, 1.165) is 23.7 Å². The maximum atomic E-state index is 5.04. The molecule has 2 aliphatic rings. The molecule has 0 saturated heterocycles. The van der Waals surface area contributed by atoms with Gasteiger partial charge in [0.2, 0.25) is 0 Å². The number of aromatic nitrogens is 2. The number of aryl methyl sites for hydroxylation is 2. The number of imidazole rings is 1. The van der Waals surface area contributed by atoms with Gasteiger partial charge in [-0.3, -0.25) is 4.40 Å². The largest absolute Gasteiger partial charge is 0.371 e. The average Bonchev–Trinajstić information content (AvgIpc) is 3.17. The first-order valence-corrected chi connectivity index (χ1v) is 11.0. The number of nitrogens with zero attached hydrogens (tertiary/aromatic N) is 3. The molecule has 0 unspecified atom stereocenters. The fourth-order valence-corrected chi connectivity index (χ4v) is 5.09. The van der Waals surface area contributed by atoms with Gasteiger partial charge in [-0.1, -0.05) is 36.4 Å². The molecule has 150 valence electrons. The van der Waals surface area contributed by atoms with E-state index < -0.39 is 0 Å². The molecule has 2 aromatic heterocycles. The second-order valence-corrected chi connectivity index (χ2v) is 8.41. The zero-order valence-electron chi connectivity index (χ0n) is 17.1. The molecule has 0 amide bonds. The van der Waals surface area contributed by atoms with Gasteiger partial charge in [-0.15, -0.1) is 0 Å². The molecule has 0 aliphatic carbocycles. The van der Waals surface area contributed by atoms with Crippen LogP contribution in [0.15, 0.2) is 66.9 Å². The molecule has 2 aliphatic heterocycles. The van der Waals surface area contributed by atoms with Crippen molar-refractivity contribution >= 4 is 17.2 Å². The smallest absolute Gasteiger partial charge is 0.139 e. The van der Waals surface area contributed by atoms with Gasteiger partial charge in [0, 0.05) is 37.1 Å². The summed E-state index contributed by atoms with van der Waals surface area (Å²) in [5, 5.41) is 3.68. The Morgan fingerprint density at radius 1 is 0.867 bits per heavy atom. The molecule has 4 heteroatoms. The van der Waals surface area contributed by atoms with Crippen LogP contribution in [0.5, 0.6) is 0 Å². The molecule has 0 spiro atoms. The Balaban J connectivity index is 1.46. The Hall–Kier alpha value is -3.27. The van der Waals surface area contributed by atoms with Crippen molar-refractivity contribution in [2.75, 3.05) is 23.3 Å². The first-order valence-electron chi connectivity index (χ1n) is 11.0. The van der Waals surface area contributed by atoms with Crippen molar-refractivity contribution in [2.24, 2.45) is 0 Å². The van der Waals surface area contributed by atoms with Crippen LogP contribution in [0.1, 0.15) is 29.5 Å². The number of benzene rings is 2. The van der Waals surface area contributed by atoms with Crippen molar-refractivity contribution < 1.29 is 0 Å². The summed E-state index contributed by atoms with van der Waals surface area (Å²) in [5.74, 6) is 1.07. The maximum Gasteiger partial charge on any atom is 0.139 e. The lowest BCUT2D eigenvalue weighted by atomic mass is 9.89. The predicted octanol–water partition coefficient (Wildman–Crippen LogP) is 5.31. The fourth-order valence-electron chi connectivity index (χ4n) is 5.09. The van der Waals surface area contributed by atoms with Gasteiger partial charge in [0.05, 0.1) is 0 Å². The average molecular weight is 395 g/mol. The molecular formula is C26H26N4. The summed E-state index contributed by atoms with van der Waals surface area (Å²) in [5.41, 5.74) is 9.06. The Morgan fingerprint density at radius 3 is 2.37 bits per heavy atom. The highest BCUT2D eigenvalue weighted by atomic mass is 15.1. The van der Waals surface area contributed by atoms with Gasteiger partial charge in [-0.25, -0.2) is 4.98 Å². The number of hydrogen-bond donors (Lipinski definition) is 1. The van der Waals surface area contributed by atoms with Crippen molar-refractivity contribution in [3.05, 3.63) is 83.6 Å². The van der Waals surface area contributed by atoms with Crippen LogP contribution < -0.4 is 10.2 Å². The highest BCUT2D eigenvalue weighted by molar-refractivity contribution is 5.80. The van der Waals surface area contributed by atoms with Crippen molar-refractivity contribution in [1.82, 2.24) is 9.38 Å². The molecule has 4 nitrogen and oxygen atoms in total. The summed E-state index contributed by atoms with van der Waals surface area (Å²) in [6.07, 6.45) is 6.95. The van der Waals surface area contributed by atoms with Gasteiger partial charge < -0.3 is 10.2 Å². The van der Waals surface area contributed by atoms with Crippen molar-refractivity contribution in [1.29, 1.82) is 0 Å². The standard InChI is InChI=1S/C26H26N4/c1-2-8-19(9-3-1)18-27-26-24(28-23-12-4-5-15-30(23)26)22-16-20-10-6-13-29-14-7-11-21(17-22)25(20)29/h1-5,8-9,12,15-17,27H,6-7,10-11,13-14,18H2. The van der Waals surface area contributed by atoms with Gasteiger partial charge >= 0.3 is 0 Å². The molecular weight excluding hydrogens is 368 g/mol. The van der Waals surface area contributed by atoms with Crippen molar-refractivity contribution in [3.63, 3.8) is 0 Å². The van der Waals surface area contributed by atoms with Crippen LogP contribution in [0.3, 0.4) is 0 Å². The van der Waals surface area contributed by atoms with E-state index in [9.17, 15) is 0 Å². The highest BCUT2D eigenvalue weighted by Crippen LogP contribution is 2.40. The van der Waals surface area contributed by atoms with Gasteiger partial charge in [-0.05, 0) is 66.6 Å². The lowest BCUT2D eigenvalue weighted by Crippen LogP contribution is -2.34. The third-order valence-electron chi connectivity index (χ3n) is 6.44. The Kier molecular flexibility index (Phi) is 4.22. The molecule has 6 rings (SSSR count). The minimum absolute atomic E-state index is 0.780. The van der Waals surface area contributed by atoms with Gasteiger partial charge in [0.1, 0.15) is 17.2 Å². The minimum atomic E-state index is 0.780. The molecule has 0 fully saturated rings. The van der Waals surface area contributed by atoms with Crippen LogP contribution >= 0.6 is 0 Å². The SMILES string of the molecule is c1ccc(CNc2c(-c3cc4c5c(c3)CCCN5CCC4)nc3ccccn23)cc1. The van der Waals surface area contributed by atoms with E-state index in [0.29, 0.717) is 0 Å². The Labute approximate surface area is 177 Å².